The van der Waals surface area contributed by atoms with Crippen LogP contribution in [-0.4, -0.2) is 87.0 Å². The fourth-order valence-corrected chi connectivity index (χ4v) is 8.10. The van der Waals surface area contributed by atoms with Crippen LogP contribution in [0.15, 0.2) is 16.3 Å². The number of thiophene rings is 1. The van der Waals surface area contributed by atoms with Crippen LogP contribution in [0.3, 0.4) is 0 Å². The van der Waals surface area contributed by atoms with Crippen molar-refractivity contribution in [1.82, 2.24) is 14.5 Å². The number of nitrogens with one attached hydrogen (secondary N) is 1. The molecule has 0 aromatic carbocycles. The average Bonchev–Trinajstić information content (AvgIpc) is 3.29. The molecule has 0 radical (unpaired) electrons. The van der Waals surface area contributed by atoms with Crippen LogP contribution in [0.5, 0.6) is 0 Å². The molecule has 0 saturated carbocycles. The molecule has 2 fully saturated rings. The topological polar surface area (TPSA) is 79.0 Å². The van der Waals surface area contributed by atoms with Crippen molar-refractivity contribution in [2.75, 3.05) is 57.4 Å². The number of thioether (sulfide) groups is 1. The normalized spacial score (nSPS) is 20.4. The first-order chi connectivity index (χ1) is 14.5. The summed E-state index contributed by atoms with van der Waals surface area (Å²) in [5.41, 5.74) is 0. The highest BCUT2D eigenvalue weighted by atomic mass is 32.2. The lowest BCUT2D eigenvalue weighted by atomic mass is 9.92. The second-order valence-corrected chi connectivity index (χ2v) is 11.7. The van der Waals surface area contributed by atoms with Crippen LogP contribution in [0.2, 0.25) is 0 Å². The number of rotatable bonds is 9. The summed E-state index contributed by atoms with van der Waals surface area (Å²) in [5, 5.41) is 4.74. The summed E-state index contributed by atoms with van der Waals surface area (Å²) in [6.07, 6.45) is 2.08. The van der Waals surface area contributed by atoms with E-state index in [-0.39, 0.29) is 16.8 Å². The summed E-state index contributed by atoms with van der Waals surface area (Å²) in [4.78, 5) is 15.8. The van der Waals surface area contributed by atoms with E-state index >= 15 is 0 Å². The van der Waals surface area contributed by atoms with E-state index in [2.05, 4.69) is 24.1 Å². The zero-order valence-electron chi connectivity index (χ0n) is 17.8. The summed E-state index contributed by atoms with van der Waals surface area (Å²) >= 11 is 2.96. The van der Waals surface area contributed by atoms with Gasteiger partial charge in [0.05, 0.1) is 13.2 Å². The third-order valence-electron chi connectivity index (χ3n) is 6.00. The second kappa shape index (κ2) is 11.3. The number of carbonyl (C=O) groups excluding carboxylic acids is 1. The van der Waals surface area contributed by atoms with Gasteiger partial charge in [0.15, 0.2) is 0 Å². The van der Waals surface area contributed by atoms with Gasteiger partial charge in [-0.15, -0.1) is 11.3 Å². The zero-order chi connectivity index (χ0) is 21.6. The van der Waals surface area contributed by atoms with E-state index in [1.165, 1.54) is 15.6 Å². The molecule has 2 saturated heterocycles. The maximum atomic E-state index is 13.1. The van der Waals surface area contributed by atoms with Gasteiger partial charge in [0.25, 0.3) is 5.91 Å². The van der Waals surface area contributed by atoms with Crippen molar-refractivity contribution in [3.63, 3.8) is 0 Å². The molecular weight excluding hydrogens is 442 g/mol. The van der Waals surface area contributed by atoms with E-state index in [0.29, 0.717) is 43.6 Å². The molecular formula is C20H33N3O4S3. The SMILES string of the molecule is CCC(CC)C(CNC(=O)c1sccc1S(=O)(=O)N1CCSCC1)N1CCOCC1. The quantitative estimate of drug-likeness (QED) is 0.591. The van der Waals surface area contributed by atoms with Crippen LogP contribution in [0.25, 0.3) is 0 Å². The molecule has 2 aliphatic rings. The Hall–Kier alpha value is -0.650. The van der Waals surface area contributed by atoms with Crippen molar-refractivity contribution >= 4 is 39.0 Å². The van der Waals surface area contributed by atoms with Gasteiger partial charge in [-0.25, -0.2) is 8.42 Å². The molecule has 10 heteroatoms. The van der Waals surface area contributed by atoms with E-state index in [1.807, 2.05) is 0 Å². The highest BCUT2D eigenvalue weighted by Gasteiger charge is 2.32. The third-order valence-corrected chi connectivity index (χ3v) is 9.93. The van der Waals surface area contributed by atoms with Crippen LogP contribution in [-0.2, 0) is 14.8 Å². The molecule has 1 unspecified atom stereocenters. The van der Waals surface area contributed by atoms with Gasteiger partial charge in [0, 0.05) is 50.3 Å². The number of nitrogens with zero attached hydrogens (tertiary/aromatic N) is 2. The predicted molar refractivity (Wildman–Crippen MR) is 123 cm³/mol. The van der Waals surface area contributed by atoms with Gasteiger partial charge in [-0.3, -0.25) is 9.69 Å². The number of ether oxygens (including phenoxy) is 1. The van der Waals surface area contributed by atoms with Crippen molar-refractivity contribution in [3.8, 4) is 0 Å². The van der Waals surface area contributed by atoms with E-state index in [9.17, 15) is 13.2 Å². The number of hydrogen-bond donors (Lipinski definition) is 1. The number of amides is 1. The Balaban J connectivity index is 1.71. The van der Waals surface area contributed by atoms with Crippen molar-refractivity contribution in [1.29, 1.82) is 0 Å². The maximum absolute atomic E-state index is 13.1. The molecule has 1 N–H and O–H groups in total. The summed E-state index contributed by atoms with van der Waals surface area (Å²) < 4.78 is 33.2. The molecule has 3 heterocycles. The Labute approximate surface area is 188 Å². The maximum Gasteiger partial charge on any atom is 0.262 e. The van der Waals surface area contributed by atoms with Gasteiger partial charge < -0.3 is 10.1 Å². The van der Waals surface area contributed by atoms with Gasteiger partial charge in [0.2, 0.25) is 10.0 Å². The first-order valence-corrected chi connectivity index (χ1v) is 14.2. The van der Waals surface area contributed by atoms with Crippen molar-refractivity contribution in [3.05, 3.63) is 16.3 Å². The largest absolute Gasteiger partial charge is 0.379 e. The first kappa shape index (κ1) is 24.0. The number of hydrogen-bond acceptors (Lipinski definition) is 7. The van der Waals surface area contributed by atoms with E-state index in [1.54, 1.807) is 23.2 Å². The standard InChI is InChI=1S/C20H33N3O4S3/c1-3-16(4-2)17(22-6-10-27-11-7-22)15-21-20(24)19-18(5-12-29-19)30(25,26)23-8-13-28-14-9-23/h5,12,16-17H,3-4,6-11,13-15H2,1-2H3,(H,21,24). The predicted octanol–water partition coefficient (Wildman–Crippen LogP) is 2.35. The van der Waals surface area contributed by atoms with Crippen molar-refractivity contribution in [2.24, 2.45) is 5.92 Å². The summed E-state index contributed by atoms with van der Waals surface area (Å²) in [6.45, 7) is 9.04. The Bertz CT molecular complexity index is 783. The van der Waals surface area contributed by atoms with Crippen LogP contribution in [0.4, 0.5) is 0 Å². The van der Waals surface area contributed by atoms with Crippen LogP contribution >= 0.6 is 23.1 Å². The summed E-state index contributed by atoms with van der Waals surface area (Å²) in [6, 6.07) is 1.80. The van der Waals surface area contributed by atoms with Gasteiger partial charge in [-0.1, -0.05) is 26.7 Å². The first-order valence-electron chi connectivity index (χ1n) is 10.7. The highest BCUT2D eigenvalue weighted by molar-refractivity contribution is 7.99. The molecule has 1 atom stereocenters. The molecule has 3 rings (SSSR count). The smallest absolute Gasteiger partial charge is 0.262 e. The lowest BCUT2D eigenvalue weighted by Gasteiger charge is -2.38. The van der Waals surface area contributed by atoms with Gasteiger partial charge in [-0.05, 0) is 17.4 Å². The molecule has 0 spiro atoms. The minimum Gasteiger partial charge on any atom is -0.379 e. The van der Waals surface area contributed by atoms with Gasteiger partial charge >= 0.3 is 0 Å². The van der Waals surface area contributed by atoms with Crippen LogP contribution in [0.1, 0.15) is 36.4 Å². The molecule has 0 bridgehead atoms. The molecule has 2 aliphatic heterocycles. The summed E-state index contributed by atoms with van der Waals surface area (Å²) in [5.74, 6) is 1.77. The monoisotopic (exact) mass is 475 g/mol. The average molecular weight is 476 g/mol. The molecule has 30 heavy (non-hydrogen) atoms. The Morgan fingerprint density at radius 1 is 1.17 bits per heavy atom. The molecule has 1 amide bonds. The number of carbonyl (C=O) groups is 1. The number of sulfonamides is 1. The minimum atomic E-state index is -3.64. The van der Waals surface area contributed by atoms with Crippen LogP contribution in [0, 0.1) is 5.92 Å². The van der Waals surface area contributed by atoms with Crippen molar-refractivity contribution in [2.45, 2.75) is 37.6 Å². The van der Waals surface area contributed by atoms with Crippen LogP contribution < -0.4 is 5.32 Å². The van der Waals surface area contributed by atoms with Gasteiger partial charge in [-0.2, -0.15) is 16.1 Å². The lowest BCUT2D eigenvalue weighted by molar-refractivity contribution is 0.00191. The number of morpholine rings is 1. The Morgan fingerprint density at radius 2 is 1.83 bits per heavy atom. The lowest BCUT2D eigenvalue weighted by Crippen LogP contribution is -2.52. The molecule has 1 aromatic rings. The molecule has 1 aromatic heterocycles. The Morgan fingerprint density at radius 3 is 2.47 bits per heavy atom. The van der Waals surface area contributed by atoms with E-state index in [4.69, 9.17) is 4.74 Å². The zero-order valence-corrected chi connectivity index (χ0v) is 20.3. The molecule has 0 aliphatic carbocycles. The molecule has 170 valence electrons. The third kappa shape index (κ3) is 5.58. The van der Waals surface area contributed by atoms with Gasteiger partial charge in [0.1, 0.15) is 9.77 Å². The Kier molecular flexibility index (Phi) is 9.03. The van der Waals surface area contributed by atoms with E-state index in [0.717, 1.165) is 37.4 Å². The fraction of sp³-hybridized carbons (Fsp3) is 0.750. The second-order valence-electron chi connectivity index (χ2n) is 7.63. The minimum absolute atomic E-state index is 0.141. The molecule has 7 nitrogen and oxygen atoms in total. The fourth-order valence-electron chi connectivity index (χ4n) is 4.21. The van der Waals surface area contributed by atoms with E-state index < -0.39 is 10.0 Å². The van der Waals surface area contributed by atoms with Crippen molar-refractivity contribution < 1.29 is 17.9 Å². The summed E-state index contributed by atoms with van der Waals surface area (Å²) in [7, 11) is -3.64. The highest BCUT2D eigenvalue weighted by Crippen LogP contribution is 2.27.